The lowest BCUT2D eigenvalue weighted by Crippen LogP contribution is -1.79. The zero-order valence-corrected chi connectivity index (χ0v) is 9.48. The molecule has 1 aromatic rings. The Bertz CT molecular complexity index is 339. The van der Waals surface area contributed by atoms with Crippen LogP contribution in [0.25, 0.3) is 0 Å². The van der Waals surface area contributed by atoms with Crippen LogP contribution in [0.15, 0.2) is 58.4 Å². The highest BCUT2D eigenvalue weighted by atomic mass is 33.1. The maximum atomic E-state index is 2.22. The summed E-state index contributed by atoms with van der Waals surface area (Å²) in [6.07, 6.45) is 8.97. The molecule has 0 bridgehead atoms. The van der Waals surface area contributed by atoms with Gasteiger partial charge in [-0.25, -0.2) is 0 Å². The van der Waals surface area contributed by atoms with Gasteiger partial charge in [0, 0.05) is 4.90 Å². The third kappa shape index (κ3) is 2.96. The van der Waals surface area contributed by atoms with Gasteiger partial charge in [-0.1, -0.05) is 58.0 Å². The highest BCUT2D eigenvalue weighted by Gasteiger charge is 2.01. The van der Waals surface area contributed by atoms with Crippen LogP contribution in [0.5, 0.6) is 0 Å². The predicted octanol–water partition coefficient (Wildman–Crippen LogP) is 4.66. The Kier molecular flexibility index (Phi) is 3.78. The first-order valence-electron chi connectivity index (χ1n) is 4.70. The molecule has 0 aliphatic heterocycles. The smallest absolute Gasteiger partial charge is 0.0186 e. The molecule has 0 radical (unpaired) electrons. The SMILES string of the molecule is C1=CCCC(SSc2ccccc2)=C1. The summed E-state index contributed by atoms with van der Waals surface area (Å²) in [7, 11) is 3.72. The van der Waals surface area contributed by atoms with Crippen LogP contribution in [-0.2, 0) is 0 Å². The highest BCUT2D eigenvalue weighted by molar-refractivity contribution is 8.78. The summed E-state index contributed by atoms with van der Waals surface area (Å²) in [6.45, 7) is 0. The molecule has 0 saturated carbocycles. The molecular formula is C12H12S2. The molecule has 0 nitrogen and oxygen atoms in total. The quantitative estimate of drug-likeness (QED) is 0.679. The molecule has 1 aliphatic rings. The number of benzene rings is 1. The predicted molar refractivity (Wildman–Crippen MR) is 66.3 cm³/mol. The van der Waals surface area contributed by atoms with Gasteiger partial charge in [0.25, 0.3) is 0 Å². The van der Waals surface area contributed by atoms with Crippen LogP contribution in [0.3, 0.4) is 0 Å². The summed E-state index contributed by atoms with van der Waals surface area (Å²) < 4.78 is 0. The first-order valence-corrected chi connectivity index (χ1v) is 6.85. The molecule has 2 rings (SSSR count). The van der Waals surface area contributed by atoms with Gasteiger partial charge in [0.2, 0.25) is 0 Å². The molecule has 0 amide bonds. The van der Waals surface area contributed by atoms with Crippen molar-refractivity contribution in [3.05, 3.63) is 53.5 Å². The zero-order valence-electron chi connectivity index (χ0n) is 7.85. The lowest BCUT2D eigenvalue weighted by molar-refractivity contribution is 1.02. The van der Waals surface area contributed by atoms with Crippen molar-refractivity contribution >= 4 is 21.6 Å². The first kappa shape index (κ1) is 9.94. The second-order valence-electron chi connectivity index (χ2n) is 3.08. The standard InChI is InChI=1S/C12H12S2/c1-3-7-11(8-4-1)13-14-12-9-5-2-6-10-12/h1-5,7-9H,6,10H2. The molecule has 0 unspecified atom stereocenters. The largest absolute Gasteiger partial charge is 0.0842 e. The second kappa shape index (κ2) is 5.32. The molecule has 2 heteroatoms. The molecular weight excluding hydrogens is 208 g/mol. The van der Waals surface area contributed by atoms with Crippen LogP contribution in [0.4, 0.5) is 0 Å². The Morgan fingerprint density at radius 2 is 1.86 bits per heavy atom. The van der Waals surface area contributed by atoms with Gasteiger partial charge in [-0.05, 0) is 29.9 Å². The molecule has 0 spiro atoms. The summed E-state index contributed by atoms with van der Waals surface area (Å²) in [5, 5.41) is 0. The topological polar surface area (TPSA) is 0 Å². The van der Waals surface area contributed by atoms with E-state index in [1.54, 1.807) is 0 Å². The van der Waals surface area contributed by atoms with Gasteiger partial charge < -0.3 is 0 Å². The van der Waals surface area contributed by atoms with Crippen molar-refractivity contribution in [3.8, 4) is 0 Å². The van der Waals surface area contributed by atoms with Crippen LogP contribution in [0.1, 0.15) is 12.8 Å². The van der Waals surface area contributed by atoms with Gasteiger partial charge in [-0.2, -0.15) is 0 Å². The Morgan fingerprint density at radius 1 is 1.00 bits per heavy atom. The molecule has 72 valence electrons. The van der Waals surface area contributed by atoms with E-state index in [-0.39, 0.29) is 0 Å². The molecule has 0 saturated heterocycles. The van der Waals surface area contributed by atoms with Gasteiger partial charge in [-0.15, -0.1) is 0 Å². The third-order valence-corrected chi connectivity index (χ3v) is 4.54. The molecule has 0 aromatic heterocycles. The Balaban J connectivity index is 1.88. The molecule has 14 heavy (non-hydrogen) atoms. The van der Waals surface area contributed by atoms with E-state index in [4.69, 9.17) is 0 Å². The number of hydrogen-bond donors (Lipinski definition) is 0. The molecule has 1 aromatic carbocycles. The average Bonchev–Trinajstić information content (AvgIpc) is 2.29. The lowest BCUT2D eigenvalue weighted by atomic mass is 10.2. The fraction of sp³-hybridized carbons (Fsp3) is 0.167. The van der Waals surface area contributed by atoms with Gasteiger partial charge in [-0.3, -0.25) is 0 Å². The van der Waals surface area contributed by atoms with Crippen molar-refractivity contribution in [3.63, 3.8) is 0 Å². The summed E-state index contributed by atoms with van der Waals surface area (Å²) in [5.74, 6) is 0. The first-order chi connectivity index (χ1) is 6.95. The van der Waals surface area contributed by atoms with Crippen LogP contribution < -0.4 is 0 Å². The molecule has 0 heterocycles. The van der Waals surface area contributed by atoms with E-state index in [2.05, 4.69) is 48.6 Å². The van der Waals surface area contributed by atoms with E-state index >= 15 is 0 Å². The fourth-order valence-electron chi connectivity index (χ4n) is 1.23. The highest BCUT2D eigenvalue weighted by Crippen LogP contribution is 2.39. The minimum absolute atomic E-state index is 1.19. The van der Waals surface area contributed by atoms with Gasteiger partial charge in [0.1, 0.15) is 0 Å². The van der Waals surface area contributed by atoms with E-state index < -0.39 is 0 Å². The van der Waals surface area contributed by atoms with Crippen LogP contribution in [0.2, 0.25) is 0 Å². The summed E-state index contributed by atoms with van der Waals surface area (Å²) >= 11 is 0. The van der Waals surface area contributed by atoms with Crippen molar-refractivity contribution in [2.75, 3.05) is 0 Å². The van der Waals surface area contributed by atoms with Crippen molar-refractivity contribution < 1.29 is 0 Å². The summed E-state index contributed by atoms with van der Waals surface area (Å²) in [4.78, 5) is 2.80. The zero-order chi connectivity index (χ0) is 9.64. The van der Waals surface area contributed by atoms with Gasteiger partial charge in [0.15, 0.2) is 0 Å². The van der Waals surface area contributed by atoms with Crippen LogP contribution in [0, 0.1) is 0 Å². The van der Waals surface area contributed by atoms with Gasteiger partial charge >= 0.3 is 0 Å². The maximum absolute atomic E-state index is 2.22. The molecule has 0 fully saturated rings. The third-order valence-electron chi connectivity index (χ3n) is 1.96. The van der Waals surface area contributed by atoms with E-state index in [9.17, 15) is 0 Å². The number of hydrogen-bond acceptors (Lipinski definition) is 2. The van der Waals surface area contributed by atoms with E-state index in [0.717, 1.165) is 0 Å². The van der Waals surface area contributed by atoms with Crippen molar-refractivity contribution in [1.82, 2.24) is 0 Å². The van der Waals surface area contributed by atoms with E-state index in [0.29, 0.717) is 0 Å². The van der Waals surface area contributed by atoms with Crippen LogP contribution in [-0.4, -0.2) is 0 Å². The summed E-state index contributed by atoms with van der Waals surface area (Å²) in [6, 6.07) is 10.5. The monoisotopic (exact) mass is 220 g/mol. The average molecular weight is 220 g/mol. The fourth-order valence-corrected chi connectivity index (χ4v) is 3.39. The second-order valence-corrected chi connectivity index (χ2v) is 5.41. The maximum Gasteiger partial charge on any atom is 0.0186 e. The van der Waals surface area contributed by atoms with Crippen molar-refractivity contribution in [1.29, 1.82) is 0 Å². The minimum Gasteiger partial charge on any atom is -0.0842 e. The minimum atomic E-state index is 1.19. The Hall–Kier alpha value is -0.600. The van der Waals surface area contributed by atoms with E-state index in [1.807, 2.05) is 21.6 Å². The molecule has 0 N–H and O–H groups in total. The van der Waals surface area contributed by atoms with Gasteiger partial charge in [0.05, 0.1) is 0 Å². The van der Waals surface area contributed by atoms with Crippen molar-refractivity contribution in [2.24, 2.45) is 0 Å². The summed E-state index contributed by atoms with van der Waals surface area (Å²) in [5.41, 5.74) is 0. The number of allylic oxidation sites excluding steroid dienone is 4. The lowest BCUT2D eigenvalue weighted by Gasteiger charge is -2.06. The number of rotatable bonds is 3. The van der Waals surface area contributed by atoms with E-state index in [1.165, 1.54) is 22.6 Å². The van der Waals surface area contributed by atoms with Crippen molar-refractivity contribution in [2.45, 2.75) is 17.7 Å². The Labute approximate surface area is 92.9 Å². The van der Waals surface area contributed by atoms with Crippen LogP contribution >= 0.6 is 21.6 Å². The molecule has 0 atom stereocenters. The normalized spacial score (nSPS) is 15.3. The molecule has 1 aliphatic carbocycles. The Morgan fingerprint density at radius 3 is 2.57 bits per heavy atom.